The Morgan fingerprint density at radius 1 is 1.00 bits per heavy atom. The first-order valence-corrected chi connectivity index (χ1v) is 8.04. The molecule has 1 N–H and O–H groups in total. The lowest BCUT2D eigenvalue weighted by Crippen LogP contribution is -2.25. The summed E-state index contributed by atoms with van der Waals surface area (Å²) in [4.78, 5) is 0. The molecule has 2 aromatic rings. The van der Waals surface area contributed by atoms with Crippen molar-refractivity contribution in [2.45, 2.75) is 39.7 Å². The predicted molar refractivity (Wildman–Crippen MR) is 92.1 cm³/mol. The van der Waals surface area contributed by atoms with Crippen LogP contribution in [0, 0.1) is 13.8 Å². The summed E-state index contributed by atoms with van der Waals surface area (Å²) in [5.74, 6) is 0. The first-order chi connectivity index (χ1) is 10.1. The van der Waals surface area contributed by atoms with Gasteiger partial charge in [-0.2, -0.15) is 0 Å². The molecule has 0 radical (unpaired) electrons. The molecule has 0 aromatic heterocycles. The highest BCUT2D eigenvalue weighted by atomic mass is 35.5. The summed E-state index contributed by atoms with van der Waals surface area (Å²) in [6.07, 6.45) is 2.09. The number of benzene rings is 2. The van der Waals surface area contributed by atoms with Crippen LogP contribution in [-0.4, -0.2) is 6.54 Å². The molecule has 1 nitrogen and oxygen atoms in total. The molecule has 112 valence electrons. The lowest BCUT2D eigenvalue weighted by molar-refractivity contribution is 0.527. The van der Waals surface area contributed by atoms with E-state index in [1.807, 2.05) is 12.1 Å². The summed E-state index contributed by atoms with van der Waals surface area (Å²) >= 11 is 6.40. The van der Waals surface area contributed by atoms with Crippen LogP contribution in [-0.2, 0) is 6.42 Å². The van der Waals surface area contributed by atoms with Gasteiger partial charge in [-0.3, -0.25) is 0 Å². The molecule has 0 saturated heterocycles. The van der Waals surface area contributed by atoms with E-state index in [0.717, 1.165) is 24.4 Å². The standard InChI is InChI=1S/C19H24ClN/c1-4-12-21-19(16-10-5-6-11-18(16)20)13-17-14(2)8-7-9-15(17)3/h5-11,19,21H,4,12-13H2,1-3H3. The van der Waals surface area contributed by atoms with Crippen molar-refractivity contribution in [1.82, 2.24) is 5.32 Å². The van der Waals surface area contributed by atoms with E-state index in [1.54, 1.807) is 0 Å². The van der Waals surface area contributed by atoms with Gasteiger partial charge in [0.25, 0.3) is 0 Å². The van der Waals surface area contributed by atoms with Gasteiger partial charge in [0.15, 0.2) is 0 Å². The second-order valence-electron chi connectivity index (χ2n) is 5.60. The topological polar surface area (TPSA) is 12.0 Å². The number of halogens is 1. The van der Waals surface area contributed by atoms with Gasteiger partial charge >= 0.3 is 0 Å². The zero-order chi connectivity index (χ0) is 15.2. The van der Waals surface area contributed by atoms with E-state index in [1.165, 1.54) is 22.3 Å². The Hall–Kier alpha value is -1.31. The summed E-state index contributed by atoms with van der Waals surface area (Å²) in [5.41, 5.74) is 5.32. The molecule has 0 aliphatic carbocycles. The third-order valence-corrected chi connectivity index (χ3v) is 4.32. The Labute approximate surface area is 133 Å². The highest BCUT2D eigenvalue weighted by molar-refractivity contribution is 6.31. The van der Waals surface area contributed by atoms with Crippen LogP contribution in [0.5, 0.6) is 0 Å². The van der Waals surface area contributed by atoms with Crippen molar-refractivity contribution < 1.29 is 0 Å². The van der Waals surface area contributed by atoms with Crippen LogP contribution in [0.15, 0.2) is 42.5 Å². The second-order valence-corrected chi connectivity index (χ2v) is 6.01. The van der Waals surface area contributed by atoms with Gasteiger partial charge in [-0.15, -0.1) is 0 Å². The van der Waals surface area contributed by atoms with Gasteiger partial charge in [0, 0.05) is 11.1 Å². The predicted octanol–water partition coefficient (Wildman–Crippen LogP) is 5.24. The van der Waals surface area contributed by atoms with Crippen LogP contribution >= 0.6 is 11.6 Å². The van der Waals surface area contributed by atoms with Crippen molar-refractivity contribution in [2.75, 3.05) is 6.54 Å². The molecule has 0 aliphatic heterocycles. The van der Waals surface area contributed by atoms with Crippen LogP contribution in [0.2, 0.25) is 5.02 Å². The molecule has 0 saturated carbocycles. The third kappa shape index (κ3) is 4.09. The average molecular weight is 302 g/mol. The fraction of sp³-hybridized carbons (Fsp3) is 0.368. The number of hydrogen-bond acceptors (Lipinski definition) is 1. The van der Waals surface area contributed by atoms with Crippen molar-refractivity contribution >= 4 is 11.6 Å². The van der Waals surface area contributed by atoms with Crippen LogP contribution in [0.3, 0.4) is 0 Å². The zero-order valence-corrected chi connectivity index (χ0v) is 13.9. The molecule has 1 atom stereocenters. The highest BCUT2D eigenvalue weighted by Gasteiger charge is 2.16. The van der Waals surface area contributed by atoms with E-state index in [0.29, 0.717) is 0 Å². The van der Waals surface area contributed by atoms with Gasteiger partial charge in [0.2, 0.25) is 0 Å². The smallest absolute Gasteiger partial charge is 0.0453 e. The fourth-order valence-corrected chi connectivity index (χ4v) is 3.01. The molecule has 0 heterocycles. The van der Waals surface area contributed by atoms with Crippen molar-refractivity contribution in [1.29, 1.82) is 0 Å². The largest absolute Gasteiger partial charge is 0.310 e. The Balaban J connectivity index is 2.31. The van der Waals surface area contributed by atoms with Crippen molar-refractivity contribution in [3.63, 3.8) is 0 Å². The normalized spacial score (nSPS) is 12.4. The minimum atomic E-state index is 0.262. The summed E-state index contributed by atoms with van der Waals surface area (Å²) < 4.78 is 0. The minimum absolute atomic E-state index is 0.262. The Kier molecular flexibility index (Phi) is 5.84. The molecule has 21 heavy (non-hydrogen) atoms. The Morgan fingerprint density at radius 3 is 2.29 bits per heavy atom. The van der Waals surface area contributed by atoms with E-state index in [9.17, 15) is 0 Å². The lowest BCUT2D eigenvalue weighted by Gasteiger charge is -2.22. The number of hydrogen-bond donors (Lipinski definition) is 1. The molecular formula is C19H24ClN. The molecule has 2 aromatic carbocycles. The van der Waals surface area contributed by atoms with Crippen molar-refractivity contribution in [3.8, 4) is 0 Å². The number of nitrogens with one attached hydrogen (secondary N) is 1. The van der Waals surface area contributed by atoms with Gasteiger partial charge in [-0.05, 0) is 61.6 Å². The Morgan fingerprint density at radius 2 is 1.67 bits per heavy atom. The van der Waals surface area contributed by atoms with E-state index in [2.05, 4.69) is 56.4 Å². The molecule has 0 amide bonds. The summed E-state index contributed by atoms with van der Waals surface area (Å²) in [6.45, 7) is 7.56. The maximum Gasteiger partial charge on any atom is 0.0453 e. The van der Waals surface area contributed by atoms with E-state index in [4.69, 9.17) is 11.6 Å². The number of rotatable bonds is 6. The fourth-order valence-electron chi connectivity index (χ4n) is 2.74. The summed E-state index contributed by atoms with van der Waals surface area (Å²) in [6, 6.07) is 14.9. The van der Waals surface area contributed by atoms with Gasteiger partial charge < -0.3 is 5.32 Å². The van der Waals surface area contributed by atoms with Crippen LogP contribution in [0.1, 0.15) is 41.6 Å². The van der Waals surface area contributed by atoms with Crippen LogP contribution in [0.4, 0.5) is 0 Å². The highest BCUT2D eigenvalue weighted by Crippen LogP contribution is 2.27. The van der Waals surface area contributed by atoms with Gasteiger partial charge in [0.1, 0.15) is 0 Å². The lowest BCUT2D eigenvalue weighted by atomic mass is 9.93. The maximum absolute atomic E-state index is 6.40. The summed E-state index contributed by atoms with van der Waals surface area (Å²) in [7, 11) is 0. The molecule has 0 spiro atoms. The quantitative estimate of drug-likeness (QED) is 0.769. The molecule has 2 heteroatoms. The maximum atomic E-state index is 6.40. The molecule has 2 rings (SSSR count). The Bertz CT molecular complexity index is 572. The second kappa shape index (κ2) is 7.63. The first kappa shape index (κ1) is 16.1. The van der Waals surface area contributed by atoms with Gasteiger partial charge in [0.05, 0.1) is 0 Å². The average Bonchev–Trinajstić information content (AvgIpc) is 2.47. The van der Waals surface area contributed by atoms with Gasteiger partial charge in [-0.25, -0.2) is 0 Å². The number of aryl methyl sites for hydroxylation is 2. The molecule has 1 unspecified atom stereocenters. The SMILES string of the molecule is CCCNC(Cc1c(C)cccc1C)c1ccccc1Cl. The molecule has 0 fully saturated rings. The van der Waals surface area contributed by atoms with Crippen molar-refractivity contribution in [3.05, 3.63) is 69.7 Å². The molecular weight excluding hydrogens is 278 g/mol. The zero-order valence-electron chi connectivity index (χ0n) is 13.1. The van der Waals surface area contributed by atoms with E-state index >= 15 is 0 Å². The first-order valence-electron chi connectivity index (χ1n) is 7.66. The van der Waals surface area contributed by atoms with Crippen molar-refractivity contribution in [2.24, 2.45) is 0 Å². The van der Waals surface area contributed by atoms with Crippen LogP contribution < -0.4 is 5.32 Å². The molecule has 0 bridgehead atoms. The third-order valence-electron chi connectivity index (χ3n) is 3.97. The molecule has 0 aliphatic rings. The van der Waals surface area contributed by atoms with E-state index in [-0.39, 0.29) is 6.04 Å². The monoisotopic (exact) mass is 301 g/mol. The minimum Gasteiger partial charge on any atom is -0.310 e. The van der Waals surface area contributed by atoms with Crippen LogP contribution in [0.25, 0.3) is 0 Å². The summed E-state index contributed by atoms with van der Waals surface area (Å²) in [5, 5.41) is 4.49. The van der Waals surface area contributed by atoms with Gasteiger partial charge in [-0.1, -0.05) is 54.9 Å². The van der Waals surface area contributed by atoms with E-state index < -0.39 is 0 Å².